The van der Waals surface area contributed by atoms with Crippen LogP contribution in [0.2, 0.25) is 10.0 Å². The van der Waals surface area contributed by atoms with Crippen LogP contribution in [0.1, 0.15) is 23.4 Å². The van der Waals surface area contributed by atoms with Crippen LogP contribution in [0.5, 0.6) is 0 Å². The van der Waals surface area contributed by atoms with Crippen molar-refractivity contribution >= 4 is 34.5 Å². The van der Waals surface area contributed by atoms with Crippen LogP contribution in [0.15, 0.2) is 35.7 Å². The van der Waals surface area contributed by atoms with Crippen LogP contribution < -0.4 is 5.32 Å². The normalized spacial score (nSPS) is 12.6. The zero-order valence-electron chi connectivity index (χ0n) is 9.41. The Labute approximate surface area is 115 Å². The first-order valence-electron chi connectivity index (χ1n) is 5.37. The fourth-order valence-corrected chi connectivity index (χ4v) is 2.95. The summed E-state index contributed by atoms with van der Waals surface area (Å²) in [5.41, 5.74) is 1.10. The lowest BCUT2D eigenvalue weighted by Crippen LogP contribution is -2.17. The minimum Gasteiger partial charge on any atom is -0.305 e. The van der Waals surface area contributed by atoms with Gasteiger partial charge < -0.3 is 5.32 Å². The molecule has 0 saturated carbocycles. The number of rotatable bonds is 4. The first-order chi connectivity index (χ1) is 8.15. The van der Waals surface area contributed by atoms with Crippen molar-refractivity contribution in [2.45, 2.75) is 19.5 Å². The molecule has 0 radical (unpaired) electrons. The van der Waals surface area contributed by atoms with E-state index in [0.29, 0.717) is 16.1 Å². The van der Waals surface area contributed by atoms with E-state index in [1.165, 1.54) is 4.88 Å². The molecular weight excluding hydrogens is 273 g/mol. The quantitative estimate of drug-likeness (QED) is 0.842. The van der Waals surface area contributed by atoms with E-state index in [0.717, 1.165) is 12.1 Å². The van der Waals surface area contributed by atoms with Crippen LogP contribution in [0.25, 0.3) is 0 Å². The number of halogens is 2. The van der Waals surface area contributed by atoms with E-state index >= 15 is 0 Å². The minimum atomic E-state index is 0.341. The van der Waals surface area contributed by atoms with Crippen molar-refractivity contribution in [1.82, 2.24) is 5.32 Å². The van der Waals surface area contributed by atoms with Crippen LogP contribution >= 0.6 is 34.5 Å². The van der Waals surface area contributed by atoms with Gasteiger partial charge in [0, 0.05) is 27.5 Å². The Morgan fingerprint density at radius 3 is 2.53 bits per heavy atom. The summed E-state index contributed by atoms with van der Waals surface area (Å²) >= 11 is 13.7. The summed E-state index contributed by atoms with van der Waals surface area (Å²) < 4.78 is 0. The first-order valence-corrected chi connectivity index (χ1v) is 7.00. The molecule has 17 heavy (non-hydrogen) atoms. The molecule has 0 unspecified atom stereocenters. The number of nitrogens with one attached hydrogen (secondary N) is 1. The molecule has 0 saturated heterocycles. The topological polar surface area (TPSA) is 12.0 Å². The van der Waals surface area contributed by atoms with Crippen molar-refractivity contribution in [3.63, 3.8) is 0 Å². The molecule has 90 valence electrons. The maximum atomic E-state index is 5.95. The van der Waals surface area contributed by atoms with Crippen molar-refractivity contribution in [2.24, 2.45) is 0 Å². The Bertz CT molecular complexity index is 462. The molecule has 1 atom stereocenters. The van der Waals surface area contributed by atoms with Crippen molar-refractivity contribution in [2.75, 3.05) is 0 Å². The zero-order chi connectivity index (χ0) is 12.3. The largest absolute Gasteiger partial charge is 0.305 e. The van der Waals surface area contributed by atoms with Crippen LogP contribution in [-0.4, -0.2) is 0 Å². The second-order valence-corrected chi connectivity index (χ2v) is 5.75. The highest BCUT2D eigenvalue weighted by atomic mass is 35.5. The Morgan fingerprint density at radius 2 is 1.94 bits per heavy atom. The summed E-state index contributed by atoms with van der Waals surface area (Å²) in [6.07, 6.45) is 0. The van der Waals surface area contributed by atoms with Gasteiger partial charge in [-0.25, -0.2) is 0 Å². The summed E-state index contributed by atoms with van der Waals surface area (Å²) in [5, 5.41) is 6.89. The van der Waals surface area contributed by atoms with Crippen LogP contribution in [0, 0.1) is 0 Å². The van der Waals surface area contributed by atoms with Crippen molar-refractivity contribution in [1.29, 1.82) is 0 Å². The van der Waals surface area contributed by atoms with Gasteiger partial charge in [0.15, 0.2) is 0 Å². The van der Waals surface area contributed by atoms with Crippen LogP contribution in [0.4, 0.5) is 0 Å². The van der Waals surface area contributed by atoms with Gasteiger partial charge in [0.1, 0.15) is 0 Å². The molecular formula is C13H13Cl2NS. The Hall–Kier alpha value is -0.540. The molecule has 1 heterocycles. The van der Waals surface area contributed by atoms with Gasteiger partial charge in [0.05, 0.1) is 0 Å². The van der Waals surface area contributed by atoms with E-state index in [-0.39, 0.29) is 0 Å². The molecule has 1 nitrogen and oxygen atoms in total. The monoisotopic (exact) mass is 285 g/mol. The molecule has 1 N–H and O–H groups in total. The maximum absolute atomic E-state index is 5.95. The number of thiophene rings is 1. The molecule has 0 aliphatic carbocycles. The van der Waals surface area contributed by atoms with Crippen molar-refractivity contribution in [3.8, 4) is 0 Å². The molecule has 0 spiro atoms. The number of hydrogen-bond donors (Lipinski definition) is 1. The van der Waals surface area contributed by atoms with Gasteiger partial charge in [0.25, 0.3) is 0 Å². The summed E-state index contributed by atoms with van der Waals surface area (Å²) in [5.74, 6) is 0. The van der Waals surface area contributed by atoms with Crippen molar-refractivity contribution in [3.05, 3.63) is 56.2 Å². The second-order valence-electron chi connectivity index (χ2n) is 3.90. The fraction of sp³-hybridized carbons (Fsp3) is 0.231. The van der Waals surface area contributed by atoms with E-state index in [4.69, 9.17) is 23.2 Å². The molecule has 2 aromatic rings. The van der Waals surface area contributed by atoms with Gasteiger partial charge in [-0.1, -0.05) is 29.3 Å². The third kappa shape index (κ3) is 3.71. The molecule has 1 aromatic heterocycles. The second kappa shape index (κ2) is 5.87. The smallest absolute Gasteiger partial charge is 0.0424 e. The Morgan fingerprint density at radius 1 is 1.24 bits per heavy atom. The first kappa shape index (κ1) is 12.9. The van der Waals surface area contributed by atoms with E-state index in [9.17, 15) is 0 Å². The predicted molar refractivity (Wildman–Crippen MR) is 76.0 cm³/mol. The fourth-order valence-electron chi connectivity index (χ4n) is 1.62. The minimum absolute atomic E-state index is 0.341. The van der Waals surface area contributed by atoms with E-state index < -0.39 is 0 Å². The molecule has 4 heteroatoms. The van der Waals surface area contributed by atoms with E-state index in [1.807, 2.05) is 12.1 Å². The average Bonchev–Trinajstić information content (AvgIpc) is 2.78. The Balaban J connectivity index is 1.98. The predicted octanol–water partition coefficient (Wildman–Crippen LogP) is 4.91. The molecule has 2 rings (SSSR count). The summed E-state index contributed by atoms with van der Waals surface area (Å²) in [6.45, 7) is 2.91. The standard InChI is InChI=1S/C13H13Cl2NS/c1-9(13-3-2-4-17-13)16-8-10-5-11(14)7-12(15)6-10/h2-7,9,16H,8H2,1H3/t9-/m0/s1. The van der Waals surface area contributed by atoms with Gasteiger partial charge in [-0.15, -0.1) is 11.3 Å². The summed E-state index contributed by atoms with van der Waals surface area (Å²) in [6, 6.07) is 10.1. The molecule has 0 bridgehead atoms. The molecule has 1 aromatic carbocycles. The molecule has 0 aliphatic rings. The lowest BCUT2D eigenvalue weighted by atomic mass is 10.2. The maximum Gasteiger partial charge on any atom is 0.0424 e. The molecule has 0 amide bonds. The van der Waals surface area contributed by atoms with Gasteiger partial charge >= 0.3 is 0 Å². The van der Waals surface area contributed by atoms with Gasteiger partial charge in [-0.05, 0) is 42.1 Å². The Kier molecular flexibility index (Phi) is 4.46. The summed E-state index contributed by atoms with van der Waals surface area (Å²) in [7, 11) is 0. The van der Waals surface area contributed by atoms with Crippen LogP contribution in [0.3, 0.4) is 0 Å². The van der Waals surface area contributed by atoms with E-state index in [1.54, 1.807) is 17.4 Å². The van der Waals surface area contributed by atoms with Crippen LogP contribution in [-0.2, 0) is 6.54 Å². The third-order valence-electron chi connectivity index (χ3n) is 2.50. The third-order valence-corrected chi connectivity index (χ3v) is 4.00. The highest BCUT2D eigenvalue weighted by Crippen LogP contribution is 2.21. The van der Waals surface area contributed by atoms with Gasteiger partial charge in [0.2, 0.25) is 0 Å². The SMILES string of the molecule is C[C@H](NCc1cc(Cl)cc(Cl)c1)c1cccs1. The van der Waals surface area contributed by atoms with Gasteiger partial charge in [-0.2, -0.15) is 0 Å². The average molecular weight is 286 g/mol. The zero-order valence-corrected chi connectivity index (χ0v) is 11.7. The molecule has 0 fully saturated rings. The number of benzene rings is 1. The number of hydrogen-bond acceptors (Lipinski definition) is 2. The highest BCUT2D eigenvalue weighted by Gasteiger charge is 2.06. The van der Waals surface area contributed by atoms with Crippen molar-refractivity contribution < 1.29 is 0 Å². The van der Waals surface area contributed by atoms with E-state index in [2.05, 4.69) is 29.8 Å². The lowest BCUT2D eigenvalue weighted by Gasteiger charge is -2.12. The highest BCUT2D eigenvalue weighted by molar-refractivity contribution is 7.10. The summed E-state index contributed by atoms with van der Waals surface area (Å²) in [4.78, 5) is 1.33. The molecule has 0 aliphatic heterocycles. The lowest BCUT2D eigenvalue weighted by molar-refractivity contribution is 0.583. The van der Waals surface area contributed by atoms with Gasteiger partial charge in [-0.3, -0.25) is 0 Å².